The summed E-state index contributed by atoms with van der Waals surface area (Å²) in [5.74, 6) is -0.575. The van der Waals surface area contributed by atoms with Crippen molar-refractivity contribution in [3.05, 3.63) is 89.5 Å². The number of nitrogens with one attached hydrogen (secondary N) is 2. The van der Waals surface area contributed by atoms with Gasteiger partial charge >= 0.3 is 0 Å². The Morgan fingerprint density at radius 2 is 1.68 bits per heavy atom. The molecule has 28 heavy (non-hydrogen) atoms. The van der Waals surface area contributed by atoms with Crippen LogP contribution in [0.1, 0.15) is 33.3 Å². The van der Waals surface area contributed by atoms with Gasteiger partial charge in [-0.1, -0.05) is 18.2 Å². The Morgan fingerprint density at radius 3 is 2.32 bits per heavy atom. The minimum atomic E-state index is -0.311. The summed E-state index contributed by atoms with van der Waals surface area (Å²) in [7, 11) is 0. The lowest BCUT2D eigenvalue weighted by atomic mass is 10.1. The first-order valence-corrected chi connectivity index (χ1v) is 8.88. The zero-order chi connectivity index (χ0) is 19.9. The molecule has 0 saturated carbocycles. The van der Waals surface area contributed by atoms with E-state index in [0.29, 0.717) is 24.1 Å². The Balaban J connectivity index is 1.53. The molecule has 0 atom stereocenters. The topological polar surface area (TPSA) is 71.1 Å². The third-order valence-corrected chi connectivity index (χ3v) is 4.21. The molecule has 1 aromatic heterocycles. The van der Waals surface area contributed by atoms with E-state index < -0.39 is 0 Å². The average molecular weight is 377 g/mol. The van der Waals surface area contributed by atoms with Crippen molar-refractivity contribution in [2.24, 2.45) is 0 Å². The van der Waals surface area contributed by atoms with Crippen LogP contribution in [0.4, 0.5) is 15.8 Å². The van der Waals surface area contributed by atoms with E-state index >= 15 is 0 Å². The maximum absolute atomic E-state index is 13.6. The van der Waals surface area contributed by atoms with E-state index in [2.05, 4.69) is 15.6 Å². The number of Topliss-reactive ketones (excluding diaryl/α,β-unsaturated/α-hetero) is 1. The molecule has 2 N–H and O–H groups in total. The highest BCUT2D eigenvalue weighted by atomic mass is 19.1. The SMILES string of the molecule is CC(=O)c1ccc(Nc2ccc(C(=O)NCCc3ccccc3F)nc2)cc1. The number of amides is 1. The molecule has 5 nitrogen and oxygen atoms in total. The fraction of sp³-hybridized carbons (Fsp3) is 0.136. The summed E-state index contributed by atoms with van der Waals surface area (Å²) < 4.78 is 13.6. The van der Waals surface area contributed by atoms with E-state index in [1.165, 1.54) is 13.0 Å². The number of aromatic nitrogens is 1. The van der Waals surface area contributed by atoms with Gasteiger partial charge in [-0.05, 0) is 61.4 Å². The Labute approximate surface area is 162 Å². The van der Waals surface area contributed by atoms with Crippen LogP contribution in [0.25, 0.3) is 0 Å². The van der Waals surface area contributed by atoms with Gasteiger partial charge in [0.05, 0.1) is 11.9 Å². The van der Waals surface area contributed by atoms with Crippen LogP contribution >= 0.6 is 0 Å². The van der Waals surface area contributed by atoms with Crippen molar-refractivity contribution in [1.29, 1.82) is 0 Å². The molecule has 1 heterocycles. The van der Waals surface area contributed by atoms with Gasteiger partial charge in [-0.15, -0.1) is 0 Å². The molecular formula is C22H20FN3O2. The molecule has 0 spiro atoms. The lowest BCUT2D eigenvalue weighted by Crippen LogP contribution is -2.26. The minimum Gasteiger partial charge on any atom is -0.354 e. The smallest absolute Gasteiger partial charge is 0.269 e. The van der Waals surface area contributed by atoms with Gasteiger partial charge < -0.3 is 10.6 Å². The van der Waals surface area contributed by atoms with E-state index in [4.69, 9.17) is 0 Å². The molecule has 0 saturated heterocycles. The second-order valence-corrected chi connectivity index (χ2v) is 6.29. The van der Waals surface area contributed by atoms with Crippen molar-refractivity contribution < 1.29 is 14.0 Å². The Bertz CT molecular complexity index is 970. The maximum Gasteiger partial charge on any atom is 0.269 e. The summed E-state index contributed by atoms with van der Waals surface area (Å²) >= 11 is 0. The van der Waals surface area contributed by atoms with Gasteiger partial charge in [-0.2, -0.15) is 0 Å². The standard InChI is InChI=1S/C22H20FN3O2/c1-15(27)16-6-8-18(9-7-16)26-19-10-11-21(25-14-19)22(28)24-13-12-17-4-2-3-5-20(17)23/h2-11,14,26H,12-13H2,1H3,(H,24,28). The summed E-state index contributed by atoms with van der Waals surface area (Å²) in [6, 6.07) is 17.0. The van der Waals surface area contributed by atoms with Crippen molar-refractivity contribution in [2.45, 2.75) is 13.3 Å². The fourth-order valence-electron chi connectivity index (χ4n) is 2.66. The van der Waals surface area contributed by atoms with Gasteiger partial charge in [0.15, 0.2) is 5.78 Å². The quantitative estimate of drug-likeness (QED) is 0.607. The number of hydrogen-bond donors (Lipinski definition) is 2. The molecule has 0 aliphatic heterocycles. The molecule has 0 aliphatic rings. The number of anilines is 2. The fourth-order valence-corrected chi connectivity index (χ4v) is 2.66. The van der Waals surface area contributed by atoms with E-state index in [0.717, 1.165) is 11.4 Å². The molecular weight excluding hydrogens is 357 g/mol. The first-order chi connectivity index (χ1) is 13.5. The molecule has 0 aliphatic carbocycles. The Kier molecular flexibility index (Phi) is 6.11. The van der Waals surface area contributed by atoms with Crippen LogP contribution in [-0.2, 0) is 6.42 Å². The van der Waals surface area contributed by atoms with Gasteiger partial charge in [0, 0.05) is 17.8 Å². The Hall–Kier alpha value is -3.54. The van der Waals surface area contributed by atoms with E-state index in [1.807, 2.05) is 0 Å². The molecule has 0 radical (unpaired) electrons. The van der Waals surface area contributed by atoms with Crippen LogP contribution in [0.2, 0.25) is 0 Å². The highest BCUT2D eigenvalue weighted by molar-refractivity contribution is 5.94. The Morgan fingerprint density at radius 1 is 0.964 bits per heavy atom. The van der Waals surface area contributed by atoms with Crippen molar-refractivity contribution in [1.82, 2.24) is 10.3 Å². The van der Waals surface area contributed by atoms with E-state index in [1.54, 1.807) is 60.8 Å². The van der Waals surface area contributed by atoms with E-state index in [-0.39, 0.29) is 23.2 Å². The van der Waals surface area contributed by atoms with Gasteiger partial charge in [-0.3, -0.25) is 9.59 Å². The third kappa shape index (κ3) is 5.01. The van der Waals surface area contributed by atoms with Crippen molar-refractivity contribution >= 4 is 23.1 Å². The second-order valence-electron chi connectivity index (χ2n) is 6.29. The lowest BCUT2D eigenvalue weighted by molar-refractivity contribution is 0.0948. The number of carbonyl (C=O) groups is 2. The molecule has 0 fully saturated rings. The molecule has 0 bridgehead atoms. The molecule has 6 heteroatoms. The maximum atomic E-state index is 13.6. The minimum absolute atomic E-state index is 0.0126. The van der Waals surface area contributed by atoms with Gasteiger partial charge in [0.25, 0.3) is 5.91 Å². The highest BCUT2D eigenvalue weighted by Gasteiger charge is 2.08. The zero-order valence-corrected chi connectivity index (χ0v) is 15.4. The number of nitrogens with zero attached hydrogens (tertiary/aromatic N) is 1. The normalized spacial score (nSPS) is 10.4. The largest absolute Gasteiger partial charge is 0.354 e. The summed E-state index contributed by atoms with van der Waals surface area (Å²) in [6.07, 6.45) is 1.97. The summed E-state index contributed by atoms with van der Waals surface area (Å²) in [6.45, 7) is 1.84. The van der Waals surface area contributed by atoms with Crippen molar-refractivity contribution in [2.75, 3.05) is 11.9 Å². The van der Waals surface area contributed by atoms with Crippen LogP contribution in [0.15, 0.2) is 66.9 Å². The van der Waals surface area contributed by atoms with Crippen LogP contribution in [0.5, 0.6) is 0 Å². The number of benzene rings is 2. The van der Waals surface area contributed by atoms with Crippen LogP contribution in [0.3, 0.4) is 0 Å². The van der Waals surface area contributed by atoms with Crippen LogP contribution < -0.4 is 10.6 Å². The van der Waals surface area contributed by atoms with Crippen molar-refractivity contribution in [3.8, 4) is 0 Å². The third-order valence-electron chi connectivity index (χ3n) is 4.21. The zero-order valence-electron chi connectivity index (χ0n) is 15.4. The molecule has 1 amide bonds. The molecule has 3 rings (SSSR count). The van der Waals surface area contributed by atoms with Crippen LogP contribution in [-0.4, -0.2) is 23.2 Å². The van der Waals surface area contributed by atoms with E-state index in [9.17, 15) is 14.0 Å². The number of carbonyl (C=O) groups excluding carboxylic acids is 2. The number of ketones is 1. The molecule has 3 aromatic rings. The predicted molar refractivity (Wildman–Crippen MR) is 106 cm³/mol. The van der Waals surface area contributed by atoms with Crippen LogP contribution in [0, 0.1) is 5.82 Å². The summed E-state index contributed by atoms with van der Waals surface area (Å²) in [4.78, 5) is 27.6. The average Bonchev–Trinajstić information content (AvgIpc) is 2.70. The second kappa shape index (κ2) is 8.90. The first kappa shape index (κ1) is 19.2. The number of hydrogen-bond acceptors (Lipinski definition) is 4. The first-order valence-electron chi connectivity index (χ1n) is 8.88. The molecule has 142 valence electrons. The lowest BCUT2D eigenvalue weighted by Gasteiger charge is -2.08. The van der Waals surface area contributed by atoms with Gasteiger partial charge in [0.2, 0.25) is 0 Å². The number of pyridine rings is 1. The summed E-state index contributed by atoms with van der Waals surface area (Å²) in [5.41, 5.74) is 3.02. The highest BCUT2D eigenvalue weighted by Crippen LogP contribution is 2.17. The predicted octanol–water partition coefficient (Wildman–Crippen LogP) is 4.14. The monoisotopic (exact) mass is 377 g/mol. The van der Waals surface area contributed by atoms with Crippen molar-refractivity contribution in [3.63, 3.8) is 0 Å². The molecule has 0 unspecified atom stereocenters. The van der Waals surface area contributed by atoms with Gasteiger partial charge in [0.1, 0.15) is 11.5 Å². The van der Waals surface area contributed by atoms with Gasteiger partial charge in [-0.25, -0.2) is 9.37 Å². The molecule has 2 aromatic carbocycles. The number of rotatable bonds is 7. The summed E-state index contributed by atoms with van der Waals surface area (Å²) in [5, 5.41) is 5.90. The number of halogens is 1.